The van der Waals surface area contributed by atoms with Gasteiger partial charge in [-0.25, -0.2) is 0 Å². The summed E-state index contributed by atoms with van der Waals surface area (Å²) in [4.78, 5) is 0. The van der Waals surface area contributed by atoms with E-state index >= 15 is 0 Å². The molecule has 0 fully saturated rings. The van der Waals surface area contributed by atoms with E-state index in [1.165, 1.54) is 110 Å². The summed E-state index contributed by atoms with van der Waals surface area (Å²) in [5.41, 5.74) is 4.60. The van der Waals surface area contributed by atoms with Crippen LogP contribution in [0, 0.1) is 0 Å². The van der Waals surface area contributed by atoms with Crippen LogP contribution in [0.4, 0.5) is 0 Å². The van der Waals surface area contributed by atoms with Gasteiger partial charge >= 0.3 is 0 Å². The van der Waals surface area contributed by atoms with E-state index in [-0.39, 0.29) is 0 Å². The second kappa shape index (κ2) is 25.6. The number of rotatable bonds is 28. The summed E-state index contributed by atoms with van der Waals surface area (Å²) in [7, 11) is 0. The Labute approximate surface area is 350 Å². The fourth-order valence-electron chi connectivity index (χ4n) is 7.48. The number of unbranched alkanes of at least 4 members (excludes halogenated alkanes) is 12. The first-order valence-electron chi connectivity index (χ1n) is 22.8. The van der Waals surface area contributed by atoms with Crippen LogP contribution < -0.4 is 18.9 Å². The zero-order valence-corrected chi connectivity index (χ0v) is 36.2. The molecule has 5 rings (SSSR count). The summed E-state index contributed by atoms with van der Waals surface area (Å²) in [5, 5.41) is 4.89. The molecule has 0 aliphatic heterocycles. The van der Waals surface area contributed by atoms with Gasteiger partial charge in [-0.05, 0) is 93.7 Å². The van der Waals surface area contributed by atoms with Gasteiger partial charge in [-0.2, -0.15) is 0 Å². The highest BCUT2D eigenvalue weighted by molar-refractivity contribution is 6.14. The first-order chi connectivity index (χ1) is 28.7. The quantitative estimate of drug-likeness (QED) is 0.0288. The third-order valence-corrected chi connectivity index (χ3v) is 10.9. The number of hydrogen-bond acceptors (Lipinski definition) is 4. The van der Waals surface area contributed by atoms with Crippen molar-refractivity contribution >= 4 is 45.8 Å². The lowest BCUT2D eigenvalue weighted by Gasteiger charge is -2.15. The fraction of sp³-hybridized carbons (Fsp3) is 0.444. The lowest BCUT2D eigenvalue weighted by Crippen LogP contribution is -2.03. The van der Waals surface area contributed by atoms with Gasteiger partial charge in [0.25, 0.3) is 0 Å². The predicted molar refractivity (Wildman–Crippen MR) is 251 cm³/mol. The van der Waals surface area contributed by atoms with Crippen LogP contribution >= 0.6 is 0 Å². The molecule has 0 aliphatic rings. The van der Waals surface area contributed by atoms with E-state index in [1.54, 1.807) is 0 Å². The van der Waals surface area contributed by atoms with E-state index in [9.17, 15) is 0 Å². The highest BCUT2D eigenvalue weighted by Gasteiger charge is 2.13. The molecule has 0 amide bonds. The normalized spacial score (nSPS) is 11.7. The molecule has 0 bridgehead atoms. The van der Waals surface area contributed by atoms with E-state index in [1.807, 2.05) is 0 Å². The number of fused-ring (bicyclic) bond motifs is 2. The van der Waals surface area contributed by atoms with Gasteiger partial charge in [-0.3, -0.25) is 0 Å². The molecule has 0 unspecified atom stereocenters. The summed E-state index contributed by atoms with van der Waals surface area (Å²) in [5.74, 6) is 3.35. The van der Waals surface area contributed by atoms with Crippen molar-refractivity contribution in [1.82, 2.24) is 0 Å². The summed E-state index contributed by atoms with van der Waals surface area (Å²) < 4.78 is 25.3. The van der Waals surface area contributed by atoms with Crippen molar-refractivity contribution < 1.29 is 18.9 Å². The van der Waals surface area contributed by atoms with Crippen LogP contribution in [0.2, 0.25) is 0 Å². The topological polar surface area (TPSA) is 36.9 Å². The molecular weight excluding hydrogens is 713 g/mol. The molecule has 0 spiro atoms. The minimum atomic E-state index is 0.702. The standard InChI is InChI=1S/C54H70O4/c1-5-9-13-21-37-55-51-35-31-43(41-53(51)57-39-23-15-11-7-3)29-33-49-45-25-17-19-27-47(45)50(48-28-20-18-26-46(48)49)34-30-44-32-36-52(56-38-22-14-10-6-2)54(42-44)58-40-24-16-12-8-4/h17-20,25-36,41-42H,5-16,21-24,37-40H2,1-4H3/b33-29+,34-30+. The Morgan fingerprint density at radius 1 is 0.328 bits per heavy atom. The second-order valence-corrected chi connectivity index (χ2v) is 15.6. The summed E-state index contributed by atoms with van der Waals surface area (Å²) in [6.45, 7) is 11.8. The number of hydrogen-bond donors (Lipinski definition) is 0. The van der Waals surface area contributed by atoms with Gasteiger partial charge in [0.15, 0.2) is 23.0 Å². The summed E-state index contributed by atoms with van der Waals surface area (Å²) in [6, 6.07) is 30.3. The van der Waals surface area contributed by atoms with Crippen LogP contribution in [0.1, 0.15) is 153 Å². The Balaban J connectivity index is 1.43. The van der Waals surface area contributed by atoms with E-state index in [4.69, 9.17) is 18.9 Å². The fourth-order valence-corrected chi connectivity index (χ4v) is 7.48. The molecule has 4 heteroatoms. The van der Waals surface area contributed by atoms with Gasteiger partial charge in [0, 0.05) is 0 Å². The summed E-state index contributed by atoms with van der Waals surface area (Å²) >= 11 is 0. The number of ether oxygens (including phenoxy) is 4. The monoisotopic (exact) mass is 783 g/mol. The Hall–Kier alpha value is -4.70. The Bertz CT molecular complexity index is 1810. The van der Waals surface area contributed by atoms with E-state index in [0.29, 0.717) is 26.4 Å². The maximum atomic E-state index is 6.37. The van der Waals surface area contributed by atoms with Crippen LogP contribution in [0.15, 0.2) is 84.9 Å². The Morgan fingerprint density at radius 2 is 0.638 bits per heavy atom. The van der Waals surface area contributed by atoms with Gasteiger partial charge in [0.2, 0.25) is 0 Å². The van der Waals surface area contributed by atoms with Crippen LogP contribution in [0.25, 0.3) is 45.8 Å². The lowest BCUT2D eigenvalue weighted by atomic mass is 9.91. The third kappa shape index (κ3) is 13.7. The maximum Gasteiger partial charge on any atom is 0.161 e. The van der Waals surface area contributed by atoms with Crippen molar-refractivity contribution in [3.63, 3.8) is 0 Å². The van der Waals surface area contributed by atoms with Gasteiger partial charge in [-0.15, -0.1) is 0 Å². The Kier molecular flexibility index (Phi) is 19.6. The molecule has 0 saturated heterocycles. The van der Waals surface area contributed by atoms with Crippen LogP contribution in [0.5, 0.6) is 23.0 Å². The van der Waals surface area contributed by atoms with Crippen molar-refractivity contribution in [2.24, 2.45) is 0 Å². The number of benzene rings is 5. The molecule has 0 heterocycles. The smallest absolute Gasteiger partial charge is 0.161 e. The van der Waals surface area contributed by atoms with Crippen LogP contribution in [-0.4, -0.2) is 26.4 Å². The molecule has 0 N–H and O–H groups in total. The SMILES string of the molecule is CCCCCCOc1ccc(/C=C/c2c3ccccc3c(/C=C/c3ccc(OCCCCCC)c(OCCCCCC)c3)c3ccccc23)cc1OCCCCCC. The van der Waals surface area contributed by atoms with E-state index in [0.717, 1.165) is 59.8 Å². The lowest BCUT2D eigenvalue weighted by molar-refractivity contribution is 0.259. The third-order valence-electron chi connectivity index (χ3n) is 10.9. The molecule has 0 atom stereocenters. The maximum absolute atomic E-state index is 6.37. The van der Waals surface area contributed by atoms with Crippen molar-refractivity contribution in [2.75, 3.05) is 26.4 Å². The van der Waals surface area contributed by atoms with E-state index < -0.39 is 0 Å². The zero-order valence-electron chi connectivity index (χ0n) is 36.2. The van der Waals surface area contributed by atoms with Gasteiger partial charge < -0.3 is 18.9 Å². The average molecular weight is 783 g/mol. The van der Waals surface area contributed by atoms with Crippen molar-refractivity contribution in [1.29, 1.82) is 0 Å². The van der Waals surface area contributed by atoms with Crippen molar-refractivity contribution in [2.45, 2.75) is 130 Å². The molecule has 5 aromatic rings. The highest BCUT2D eigenvalue weighted by Crippen LogP contribution is 2.37. The summed E-state index contributed by atoms with van der Waals surface area (Å²) in [6.07, 6.45) is 27.8. The average Bonchev–Trinajstić information content (AvgIpc) is 3.25. The van der Waals surface area contributed by atoms with Crippen molar-refractivity contribution in [3.8, 4) is 23.0 Å². The second-order valence-electron chi connectivity index (χ2n) is 15.6. The van der Waals surface area contributed by atoms with Gasteiger partial charge in [0.05, 0.1) is 26.4 Å². The molecular formula is C54H70O4. The highest BCUT2D eigenvalue weighted by atomic mass is 16.5. The first-order valence-corrected chi connectivity index (χ1v) is 22.8. The molecule has 5 aromatic carbocycles. The van der Waals surface area contributed by atoms with Gasteiger partial charge in [0.1, 0.15) is 0 Å². The van der Waals surface area contributed by atoms with Crippen LogP contribution in [0.3, 0.4) is 0 Å². The van der Waals surface area contributed by atoms with E-state index in [2.05, 4.69) is 137 Å². The molecule has 58 heavy (non-hydrogen) atoms. The van der Waals surface area contributed by atoms with Crippen LogP contribution in [-0.2, 0) is 0 Å². The predicted octanol–water partition coefficient (Wildman–Crippen LogP) is 16.2. The first kappa shape index (κ1) is 44.4. The Morgan fingerprint density at radius 3 is 0.948 bits per heavy atom. The minimum absolute atomic E-state index is 0.702. The van der Waals surface area contributed by atoms with Gasteiger partial charge in [-0.1, -0.05) is 190 Å². The molecule has 0 aliphatic carbocycles. The van der Waals surface area contributed by atoms with Crippen molar-refractivity contribution in [3.05, 3.63) is 107 Å². The zero-order chi connectivity index (χ0) is 40.6. The largest absolute Gasteiger partial charge is 0.490 e. The minimum Gasteiger partial charge on any atom is -0.490 e. The molecule has 310 valence electrons. The molecule has 4 nitrogen and oxygen atoms in total. The molecule has 0 aromatic heterocycles. The molecule has 0 saturated carbocycles. The molecule has 0 radical (unpaired) electrons.